The number of rotatable bonds is 5. The lowest BCUT2D eigenvalue weighted by molar-refractivity contribution is 0.404. The van der Waals surface area contributed by atoms with E-state index in [1.807, 2.05) is 6.07 Å². The first-order valence-electron chi connectivity index (χ1n) is 7.93. The summed E-state index contributed by atoms with van der Waals surface area (Å²) in [6, 6.07) is 6.51. The van der Waals surface area contributed by atoms with Gasteiger partial charge in [-0.05, 0) is 55.4 Å². The molecule has 0 bridgehead atoms. The summed E-state index contributed by atoms with van der Waals surface area (Å²) in [6.07, 6.45) is 5.85. The Morgan fingerprint density at radius 1 is 1.40 bits per heavy atom. The fourth-order valence-electron chi connectivity index (χ4n) is 3.07. The number of halogens is 1. The molecular weight excluding hydrogens is 268 g/mol. The van der Waals surface area contributed by atoms with Gasteiger partial charge in [-0.25, -0.2) is 0 Å². The summed E-state index contributed by atoms with van der Waals surface area (Å²) < 4.78 is 0. The molecule has 1 aromatic carbocycles. The van der Waals surface area contributed by atoms with Crippen molar-refractivity contribution in [3.05, 3.63) is 28.8 Å². The second-order valence-electron chi connectivity index (χ2n) is 6.01. The average molecular weight is 295 g/mol. The van der Waals surface area contributed by atoms with E-state index in [4.69, 9.17) is 17.3 Å². The number of hydrogen-bond acceptors (Lipinski definition) is 2. The highest BCUT2D eigenvalue weighted by Gasteiger charge is 2.21. The SMILES string of the molecule is CCC(N)Cc1cc(Cl)ccc1N1CCCC(CC)C1. The molecule has 0 amide bonds. The topological polar surface area (TPSA) is 29.3 Å². The van der Waals surface area contributed by atoms with Crippen molar-refractivity contribution in [2.45, 2.75) is 52.0 Å². The third-order valence-corrected chi connectivity index (χ3v) is 4.72. The number of nitrogens with two attached hydrogens (primary N) is 1. The Bertz CT molecular complexity index is 433. The van der Waals surface area contributed by atoms with E-state index in [1.54, 1.807) is 0 Å². The maximum atomic E-state index is 6.18. The molecule has 0 aliphatic carbocycles. The van der Waals surface area contributed by atoms with Gasteiger partial charge in [-0.1, -0.05) is 31.9 Å². The first-order chi connectivity index (χ1) is 9.63. The summed E-state index contributed by atoms with van der Waals surface area (Å²) in [5.41, 5.74) is 8.80. The van der Waals surface area contributed by atoms with Gasteiger partial charge in [0, 0.05) is 29.8 Å². The van der Waals surface area contributed by atoms with E-state index in [1.165, 1.54) is 37.1 Å². The molecule has 1 aliphatic heterocycles. The van der Waals surface area contributed by atoms with E-state index in [0.29, 0.717) is 0 Å². The van der Waals surface area contributed by atoms with Gasteiger partial charge in [0.25, 0.3) is 0 Å². The molecule has 0 radical (unpaired) electrons. The quantitative estimate of drug-likeness (QED) is 0.880. The lowest BCUT2D eigenvalue weighted by Gasteiger charge is -2.35. The largest absolute Gasteiger partial charge is 0.371 e. The minimum atomic E-state index is 0.221. The smallest absolute Gasteiger partial charge is 0.0410 e. The van der Waals surface area contributed by atoms with Crippen molar-refractivity contribution in [1.82, 2.24) is 0 Å². The molecule has 0 spiro atoms. The van der Waals surface area contributed by atoms with Crippen molar-refractivity contribution in [3.8, 4) is 0 Å². The van der Waals surface area contributed by atoms with Gasteiger partial charge in [0.1, 0.15) is 0 Å². The molecule has 20 heavy (non-hydrogen) atoms. The Morgan fingerprint density at radius 3 is 2.90 bits per heavy atom. The van der Waals surface area contributed by atoms with Crippen molar-refractivity contribution in [1.29, 1.82) is 0 Å². The highest BCUT2D eigenvalue weighted by molar-refractivity contribution is 6.30. The molecule has 0 saturated carbocycles. The molecule has 2 nitrogen and oxygen atoms in total. The summed E-state index contributed by atoms with van der Waals surface area (Å²) >= 11 is 6.18. The van der Waals surface area contributed by atoms with Crippen molar-refractivity contribution in [2.75, 3.05) is 18.0 Å². The van der Waals surface area contributed by atoms with Crippen LogP contribution in [0.5, 0.6) is 0 Å². The number of hydrogen-bond donors (Lipinski definition) is 1. The van der Waals surface area contributed by atoms with Crippen LogP contribution in [-0.2, 0) is 6.42 Å². The second-order valence-corrected chi connectivity index (χ2v) is 6.44. The van der Waals surface area contributed by atoms with Crippen LogP contribution in [0, 0.1) is 5.92 Å². The van der Waals surface area contributed by atoms with Crippen molar-refractivity contribution >= 4 is 17.3 Å². The standard InChI is InChI=1S/C17H27ClN2/c1-3-13-6-5-9-20(12-13)17-8-7-15(18)10-14(17)11-16(19)4-2/h7-8,10,13,16H,3-6,9,11-12,19H2,1-2H3. The molecule has 1 aliphatic rings. The Labute approximate surface area is 128 Å². The molecule has 2 N–H and O–H groups in total. The van der Waals surface area contributed by atoms with E-state index in [9.17, 15) is 0 Å². The number of nitrogens with zero attached hydrogens (tertiary/aromatic N) is 1. The highest BCUT2D eigenvalue weighted by atomic mass is 35.5. The molecule has 0 aromatic heterocycles. The van der Waals surface area contributed by atoms with Gasteiger partial charge in [-0.3, -0.25) is 0 Å². The van der Waals surface area contributed by atoms with Gasteiger partial charge in [0.2, 0.25) is 0 Å². The fourth-order valence-corrected chi connectivity index (χ4v) is 3.26. The van der Waals surface area contributed by atoms with Crippen LogP contribution >= 0.6 is 11.6 Å². The van der Waals surface area contributed by atoms with Gasteiger partial charge in [0.05, 0.1) is 0 Å². The van der Waals surface area contributed by atoms with E-state index in [-0.39, 0.29) is 6.04 Å². The van der Waals surface area contributed by atoms with Crippen LogP contribution in [0.15, 0.2) is 18.2 Å². The van der Waals surface area contributed by atoms with Crippen molar-refractivity contribution < 1.29 is 0 Å². The number of piperidine rings is 1. The molecule has 2 unspecified atom stereocenters. The van der Waals surface area contributed by atoms with Crippen LogP contribution in [-0.4, -0.2) is 19.1 Å². The molecule has 2 rings (SSSR count). The second kappa shape index (κ2) is 7.33. The molecule has 2 atom stereocenters. The first kappa shape index (κ1) is 15.7. The van der Waals surface area contributed by atoms with Crippen LogP contribution in [0.1, 0.15) is 45.1 Å². The van der Waals surface area contributed by atoms with Crippen LogP contribution in [0.3, 0.4) is 0 Å². The van der Waals surface area contributed by atoms with Gasteiger partial charge in [-0.15, -0.1) is 0 Å². The lowest BCUT2D eigenvalue weighted by Crippen LogP contribution is -2.36. The van der Waals surface area contributed by atoms with E-state index < -0.39 is 0 Å². The van der Waals surface area contributed by atoms with Gasteiger partial charge >= 0.3 is 0 Å². The summed E-state index contributed by atoms with van der Waals surface area (Å²) in [5.74, 6) is 0.826. The zero-order valence-electron chi connectivity index (χ0n) is 12.7. The molecule has 1 saturated heterocycles. The molecule has 1 fully saturated rings. The third kappa shape index (κ3) is 3.89. The van der Waals surface area contributed by atoms with Crippen LogP contribution in [0.2, 0.25) is 5.02 Å². The van der Waals surface area contributed by atoms with Crippen LogP contribution in [0.4, 0.5) is 5.69 Å². The first-order valence-corrected chi connectivity index (χ1v) is 8.30. The Balaban J connectivity index is 2.21. The monoisotopic (exact) mass is 294 g/mol. The summed E-state index contributed by atoms with van der Waals surface area (Å²) in [7, 11) is 0. The fraction of sp³-hybridized carbons (Fsp3) is 0.647. The van der Waals surface area contributed by atoms with E-state index in [2.05, 4.69) is 30.9 Å². The maximum Gasteiger partial charge on any atom is 0.0410 e. The molecule has 1 heterocycles. The highest BCUT2D eigenvalue weighted by Crippen LogP contribution is 2.30. The lowest BCUT2D eigenvalue weighted by atomic mass is 9.94. The Kier molecular flexibility index (Phi) is 5.74. The molecular formula is C17H27ClN2. The third-order valence-electron chi connectivity index (χ3n) is 4.49. The summed E-state index contributed by atoms with van der Waals surface area (Å²) in [5, 5.41) is 0.816. The molecule has 1 aromatic rings. The number of anilines is 1. The zero-order valence-corrected chi connectivity index (χ0v) is 13.5. The maximum absolute atomic E-state index is 6.18. The predicted molar refractivity (Wildman–Crippen MR) is 88.7 cm³/mol. The number of benzene rings is 1. The van der Waals surface area contributed by atoms with E-state index in [0.717, 1.165) is 30.3 Å². The van der Waals surface area contributed by atoms with E-state index >= 15 is 0 Å². The van der Waals surface area contributed by atoms with Gasteiger partial charge < -0.3 is 10.6 Å². The Morgan fingerprint density at radius 2 is 2.20 bits per heavy atom. The zero-order chi connectivity index (χ0) is 14.5. The minimum absolute atomic E-state index is 0.221. The Hall–Kier alpha value is -0.730. The van der Waals surface area contributed by atoms with Crippen molar-refractivity contribution in [3.63, 3.8) is 0 Å². The normalized spacial score (nSPS) is 21.0. The summed E-state index contributed by atoms with van der Waals surface area (Å²) in [4.78, 5) is 2.53. The van der Waals surface area contributed by atoms with Crippen LogP contribution < -0.4 is 10.6 Å². The average Bonchev–Trinajstić information content (AvgIpc) is 2.47. The predicted octanol–water partition coefficient (Wildman–Crippen LogP) is 4.25. The van der Waals surface area contributed by atoms with Gasteiger partial charge in [0.15, 0.2) is 0 Å². The summed E-state index contributed by atoms with van der Waals surface area (Å²) in [6.45, 7) is 6.77. The van der Waals surface area contributed by atoms with Crippen molar-refractivity contribution in [2.24, 2.45) is 11.7 Å². The van der Waals surface area contributed by atoms with Crippen LogP contribution in [0.25, 0.3) is 0 Å². The molecule has 112 valence electrons. The molecule has 3 heteroatoms. The van der Waals surface area contributed by atoms with Gasteiger partial charge in [-0.2, -0.15) is 0 Å². The minimum Gasteiger partial charge on any atom is -0.371 e.